The van der Waals surface area contributed by atoms with Gasteiger partial charge in [-0.05, 0) is 25.5 Å². The van der Waals surface area contributed by atoms with Crippen molar-refractivity contribution in [3.63, 3.8) is 0 Å². The van der Waals surface area contributed by atoms with Crippen molar-refractivity contribution in [2.45, 2.75) is 26.8 Å². The van der Waals surface area contributed by atoms with Gasteiger partial charge in [-0.1, -0.05) is 18.6 Å². The van der Waals surface area contributed by atoms with Crippen molar-refractivity contribution in [3.8, 4) is 0 Å². The summed E-state index contributed by atoms with van der Waals surface area (Å²) in [5, 5.41) is 4.59. The topological polar surface area (TPSA) is 45.2 Å². The average molecular weight is 353 g/mol. The zero-order valence-corrected chi connectivity index (χ0v) is 15.6. The van der Waals surface area contributed by atoms with Gasteiger partial charge in [0.25, 0.3) is 0 Å². The van der Waals surface area contributed by atoms with Gasteiger partial charge in [0, 0.05) is 43.5 Å². The molecule has 5 nitrogen and oxygen atoms in total. The number of piperazine rings is 1. The molecule has 1 aliphatic rings. The summed E-state index contributed by atoms with van der Waals surface area (Å²) < 4.78 is 0. The van der Waals surface area contributed by atoms with Gasteiger partial charge >= 0.3 is 0 Å². The summed E-state index contributed by atoms with van der Waals surface area (Å²) in [6.07, 6.45) is 2.71. The number of benzene rings is 1. The number of hydrogen-bond acceptors (Lipinski definition) is 6. The molecule has 0 amide bonds. The first kappa shape index (κ1) is 16.4. The number of aromatic nitrogens is 3. The van der Waals surface area contributed by atoms with Crippen LogP contribution in [-0.4, -0.2) is 46.0 Å². The summed E-state index contributed by atoms with van der Waals surface area (Å²) in [7, 11) is 0. The van der Waals surface area contributed by atoms with Crippen LogP contribution in [0.5, 0.6) is 0 Å². The van der Waals surface area contributed by atoms with E-state index in [1.54, 1.807) is 17.7 Å². The lowest BCUT2D eigenvalue weighted by Crippen LogP contribution is -2.46. The largest absolute Gasteiger partial charge is 0.353 e. The van der Waals surface area contributed by atoms with Crippen LogP contribution in [0, 0.1) is 6.92 Å². The zero-order valence-electron chi connectivity index (χ0n) is 14.8. The summed E-state index contributed by atoms with van der Waals surface area (Å²) in [6, 6.07) is 6.38. The fraction of sp³-hybridized carbons (Fsp3) is 0.421. The minimum absolute atomic E-state index is 0.952. The highest BCUT2D eigenvalue weighted by Gasteiger charge is 2.20. The molecule has 0 spiro atoms. The number of hydrogen-bond donors (Lipinski definition) is 0. The molecule has 6 heteroatoms. The molecular weight excluding hydrogens is 330 g/mol. The lowest BCUT2D eigenvalue weighted by Gasteiger charge is -2.35. The standard InChI is InChI=1S/C19H23N5S/c1-3-18-22-15(12-25-18)11-23-6-8-24(9-7-23)19-16-10-14(2)4-5-17(16)20-13-21-19/h4-5,10,12-13H,3,6-9,11H2,1-2H3. The molecule has 2 aromatic heterocycles. The van der Waals surface area contributed by atoms with Gasteiger partial charge in [-0.3, -0.25) is 4.90 Å². The molecule has 1 saturated heterocycles. The number of nitrogens with zero attached hydrogens (tertiary/aromatic N) is 5. The van der Waals surface area contributed by atoms with Crippen LogP contribution in [0.15, 0.2) is 29.9 Å². The summed E-state index contributed by atoms with van der Waals surface area (Å²) in [5.74, 6) is 1.07. The van der Waals surface area contributed by atoms with Gasteiger partial charge in [-0.25, -0.2) is 15.0 Å². The highest BCUT2D eigenvalue weighted by molar-refractivity contribution is 7.09. The first-order chi connectivity index (χ1) is 12.2. The van der Waals surface area contributed by atoms with Gasteiger partial charge < -0.3 is 4.90 Å². The second-order valence-electron chi connectivity index (χ2n) is 6.57. The van der Waals surface area contributed by atoms with E-state index in [1.165, 1.54) is 16.3 Å². The summed E-state index contributed by atoms with van der Waals surface area (Å²) in [6.45, 7) is 9.29. The van der Waals surface area contributed by atoms with Gasteiger partial charge in [-0.2, -0.15) is 0 Å². The molecule has 1 fully saturated rings. The molecule has 130 valence electrons. The molecule has 0 unspecified atom stereocenters. The third-order valence-electron chi connectivity index (χ3n) is 4.73. The number of rotatable bonds is 4. The van der Waals surface area contributed by atoms with E-state index < -0.39 is 0 Å². The van der Waals surface area contributed by atoms with Crippen LogP contribution in [0.4, 0.5) is 5.82 Å². The Kier molecular flexibility index (Phi) is 4.63. The third-order valence-corrected chi connectivity index (χ3v) is 5.77. The molecule has 0 bridgehead atoms. The molecule has 0 aliphatic carbocycles. The smallest absolute Gasteiger partial charge is 0.139 e. The Morgan fingerprint density at radius 2 is 1.96 bits per heavy atom. The van der Waals surface area contributed by atoms with Crippen LogP contribution >= 0.6 is 11.3 Å². The fourth-order valence-electron chi connectivity index (χ4n) is 3.34. The van der Waals surface area contributed by atoms with Crippen LogP contribution in [0.1, 0.15) is 23.2 Å². The van der Waals surface area contributed by atoms with Crippen molar-refractivity contribution in [1.29, 1.82) is 0 Å². The van der Waals surface area contributed by atoms with Gasteiger partial charge in [-0.15, -0.1) is 11.3 Å². The Balaban J connectivity index is 1.46. The van der Waals surface area contributed by atoms with Crippen LogP contribution < -0.4 is 4.90 Å². The number of fused-ring (bicyclic) bond motifs is 1. The Bertz CT molecular complexity index is 867. The molecule has 3 aromatic rings. The Morgan fingerprint density at radius 3 is 2.72 bits per heavy atom. The zero-order chi connectivity index (χ0) is 17.2. The predicted molar refractivity (Wildman–Crippen MR) is 103 cm³/mol. The van der Waals surface area contributed by atoms with E-state index in [0.29, 0.717) is 0 Å². The van der Waals surface area contributed by atoms with E-state index >= 15 is 0 Å². The second kappa shape index (κ2) is 7.06. The van der Waals surface area contributed by atoms with E-state index in [2.05, 4.69) is 57.2 Å². The molecule has 25 heavy (non-hydrogen) atoms. The van der Waals surface area contributed by atoms with Crippen molar-refractivity contribution in [2.75, 3.05) is 31.1 Å². The molecule has 0 radical (unpaired) electrons. The lowest BCUT2D eigenvalue weighted by molar-refractivity contribution is 0.247. The quantitative estimate of drug-likeness (QED) is 0.720. The van der Waals surface area contributed by atoms with Crippen LogP contribution in [0.25, 0.3) is 10.9 Å². The van der Waals surface area contributed by atoms with Gasteiger partial charge in [0.2, 0.25) is 0 Å². The third kappa shape index (κ3) is 3.50. The Morgan fingerprint density at radius 1 is 1.12 bits per heavy atom. The molecule has 1 aromatic carbocycles. The van der Waals surface area contributed by atoms with Gasteiger partial charge in [0.05, 0.1) is 16.2 Å². The summed E-state index contributed by atoms with van der Waals surface area (Å²) >= 11 is 1.77. The highest BCUT2D eigenvalue weighted by atomic mass is 32.1. The van der Waals surface area contributed by atoms with E-state index in [1.807, 2.05) is 0 Å². The first-order valence-electron chi connectivity index (χ1n) is 8.85. The Hall–Kier alpha value is -2.05. The maximum atomic E-state index is 4.69. The molecule has 0 N–H and O–H groups in total. The molecule has 1 aliphatic heterocycles. The highest BCUT2D eigenvalue weighted by Crippen LogP contribution is 2.25. The van der Waals surface area contributed by atoms with Crippen molar-refractivity contribution < 1.29 is 0 Å². The monoisotopic (exact) mass is 353 g/mol. The first-order valence-corrected chi connectivity index (χ1v) is 9.73. The number of anilines is 1. The molecule has 0 atom stereocenters. The maximum absolute atomic E-state index is 4.69. The van der Waals surface area contributed by atoms with Crippen LogP contribution in [0.3, 0.4) is 0 Å². The Labute approximate surface area is 152 Å². The predicted octanol–water partition coefficient (Wildman–Crippen LogP) is 3.28. The minimum Gasteiger partial charge on any atom is -0.353 e. The lowest BCUT2D eigenvalue weighted by atomic mass is 10.1. The average Bonchev–Trinajstić information content (AvgIpc) is 3.09. The van der Waals surface area contributed by atoms with Crippen LogP contribution in [0.2, 0.25) is 0 Å². The molecular formula is C19H23N5S. The maximum Gasteiger partial charge on any atom is 0.139 e. The van der Waals surface area contributed by atoms with E-state index in [-0.39, 0.29) is 0 Å². The summed E-state index contributed by atoms with van der Waals surface area (Å²) in [5.41, 5.74) is 3.48. The van der Waals surface area contributed by atoms with E-state index in [0.717, 1.165) is 55.9 Å². The number of aryl methyl sites for hydroxylation is 2. The molecule has 3 heterocycles. The second-order valence-corrected chi connectivity index (χ2v) is 7.51. The van der Waals surface area contributed by atoms with Crippen LogP contribution in [-0.2, 0) is 13.0 Å². The van der Waals surface area contributed by atoms with Crippen molar-refractivity contribution in [3.05, 3.63) is 46.2 Å². The van der Waals surface area contributed by atoms with Gasteiger partial charge in [0.1, 0.15) is 12.1 Å². The van der Waals surface area contributed by atoms with E-state index in [4.69, 9.17) is 4.98 Å². The number of thiazole rings is 1. The van der Waals surface area contributed by atoms with Crippen molar-refractivity contribution >= 4 is 28.1 Å². The van der Waals surface area contributed by atoms with Gasteiger partial charge in [0.15, 0.2) is 0 Å². The fourth-order valence-corrected chi connectivity index (χ4v) is 4.08. The van der Waals surface area contributed by atoms with Crippen molar-refractivity contribution in [1.82, 2.24) is 19.9 Å². The summed E-state index contributed by atoms with van der Waals surface area (Å²) in [4.78, 5) is 18.6. The molecule has 0 saturated carbocycles. The normalized spacial score (nSPS) is 15.8. The minimum atomic E-state index is 0.952. The van der Waals surface area contributed by atoms with E-state index in [9.17, 15) is 0 Å². The molecule has 4 rings (SSSR count). The van der Waals surface area contributed by atoms with Crippen molar-refractivity contribution in [2.24, 2.45) is 0 Å². The SMILES string of the molecule is CCc1nc(CN2CCN(c3ncnc4ccc(C)cc34)CC2)cs1.